The molecule has 0 aromatic heterocycles. The Hall–Kier alpha value is -1.56. The highest BCUT2D eigenvalue weighted by Gasteiger charge is 2.40. The number of halogens is 3. The Kier molecular flexibility index (Phi) is 5.90. The number of carbonyl (C=O) groups is 1. The van der Waals surface area contributed by atoms with Crippen LogP contribution in [0, 0.1) is 5.41 Å². The summed E-state index contributed by atoms with van der Waals surface area (Å²) in [7, 11) is 0. The molecule has 1 aromatic carbocycles. The second kappa shape index (κ2) is 7.99. The zero-order valence-electron chi connectivity index (χ0n) is 15.1. The Labute approximate surface area is 153 Å². The fourth-order valence-corrected chi connectivity index (χ4v) is 4.21. The molecular formula is C20H27F3N2O. The lowest BCUT2D eigenvalue weighted by molar-refractivity contribution is -0.140. The van der Waals surface area contributed by atoms with Crippen molar-refractivity contribution in [2.24, 2.45) is 5.41 Å². The van der Waals surface area contributed by atoms with Gasteiger partial charge in [-0.05, 0) is 56.3 Å². The molecule has 0 bridgehead atoms. The second-order valence-corrected chi connectivity index (χ2v) is 7.80. The van der Waals surface area contributed by atoms with Crippen molar-refractivity contribution in [3.05, 3.63) is 35.9 Å². The van der Waals surface area contributed by atoms with Gasteiger partial charge in [-0.15, -0.1) is 0 Å². The lowest BCUT2D eigenvalue weighted by Gasteiger charge is -2.47. The number of nitrogens with zero attached hydrogens (tertiary/aromatic N) is 2. The van der Waals surface area contributed by atoms with Crippen LogP contribution in [0.5, 0.6) is 0 Å². The molecule has 2 heterocycles. The molecule has 1 spiro atoms. The number of amides is 1. The molecule has 3 nitrogen and oxygen atoms in total. The van der Waals surface area contributed by atoms with Crippen molar-refractivity contribution in [3.8, 4) is 0 Å². The third kappa shape index (κ3) is 5.22. The molecule has 0 unspecified atom stereocenters. The van der Waals surface area contributed by atoms with Crippen molar-refractivity contribution in [1.82, 2.24) is 9.80 Å². The molecule has 0 aliphatic carbocycles. The average molecular weight is 368 g/mol. The molecule has 1 aromatic rings. The van der Waals surface area contributed by atoms with Crippen LogP contribution in [0.3, 0.4) is 0 Å². The third-order valence-corrected chi connectivity index (χ3v) is 5.82. The zero-order valence-corrected chi connectivity index (χ0v) is 15.1. The summed E-state index contributed by atoms with van der Waals surface area (Å²) in [6.45, 7) is 3.62. The van der Waals surface area contributed by atoms with Crippen molar-refractivity contribution in [3.63, 3.8) is 0 Å². The van der Waals surface area contributed by atoms with Gasteiger partial charge in [0.05, 0.1) is 0 Å². The van der Waals surface area contributed by atoms with Crippen LogP contribution in [0.4, 0.5) is 13.2 Å². The molecule has 0 saturated carbocycles. The molecule has 144 valence electrons. The molecule has 1 amide bonds. The van der Waals surface area contributed by atoms with Crippen molar-refractivity contribution in [2.75, 3.05) is 26.2 Å². The predicted octanol–water partition coefficient (Wildman–Crippen LogP) is 4.23. The van der Waals surface area contributed by atoms with Crippen LogP contribution in [0.25, 0.3) is 0 Å². The summed E-state index contributed by atoms with van der Waals surface area (Å²) >= 11 is 0. The van der Waals surface area contributed by atoms with E-state index < -0.39 is 12.6 Å². The predicted molar refractivity (Wildman–Crippen MR) is 94.5 cm³/mol. The third-order valence-electron chi connectivity index (χ3n) is 5.82. The van der Waals surface area contributed by atoms with E-state index in [4.69, 9.17) is 0 Å². The molecule has 2 aliphatic heterocycles. The average Bonchev–Trinajstić information content (AvgIpc) is 2.60. The number of hydrogen-bond donors (Lipinski definition) is 0. The largest absolute Gasteiger partial charge is 0.389 e. The first-order valence-corrected chi connectivity index (χ1v) is 9.46. The number of likely N-dealkylation sites (tertiary alicyclic amines) is 2. The number of alkyl halides is 3. The number of hydrogen-bond acceptors (Lipinski definition) is 2. The van der Waals surface area contributed by atoms with Crippen molar-refractivity contribution in [2.45, 2.75) is 51.2 Å². The summed E-state index contributed by atoms with van der Waals surface area (Å²) < 4.78 is 36.9. The maximum atomic E-state index is 12.3. The Morgan fingerprint density at radius 3 is 2.38 bits per heavy atom. The van der Waals surface area contributed by atoms with E-state index in [1.807, 2.05) is 35.2 Å². The van der Waals surface area contributed by atoms with E-state index in [0.717, 1.165) is 44.5 Å². The van der Waals surface area contributed by atoms with Crippen LogP contribution in [-0.2, 0) is 11.3 Å². The zero-order chi connectivity index (χ0) is 18.6. The summed E-state index contributed by atoms with van der Waals surface area (Å²) in [5.41, 5.74) is 1.28. The highest BCUT2D eigenvalue weighted by molar-refractivity contribution is 5.77. The maximum absolute atomic E-state index is 12.3. The molecule has 0 atom stereocenters. The SMILES string of the molecule is O=C1CCC2(CCN(CCCC(F)(F)F)CC2)CN1Cc1ccccc1. The summed E-state index contributed by atoms with van der Waals surface area (Å²) in [5, 5.41) is 0. The minimum absolute atomic E-state index is 0.142. The van der Waals surface area contributed by atoms with E-state index in [-0.39, 0.29) is 17.7 Å². The lowest BCUT2D eigenvalue weighted by Crippen LogP contribution is -2.51. The van der Waals surface area contributed by atoms with Gasteiger partial charge in [0.25, 0.3) is 0 Å². The van der Waals surface area contributed by atoms with Crippen LogP contribution >= 0.6 is 0 Å². The Morgan fingerprint density at radius 1 is 1.04 bits per heavy atom. The summed E-state index contributed by atoms with van der Waals surface area (Å²) in [6.07, 6.45) is -1.15. The van der Waals surface area contributed by atoms with Gasteiger partial charge in [0, 0.05) is 25.9 Å². The highest BCUT2D eigenvalue weighted by Crippen LogP contribution is 2.40. The first-order chi connectivity index (χ1) is 12.4. The standard InChI is InChI=1S/C20H27F3N2O/c21-20(22,23)8-4-12-24-13-10-19(11-14-24)9-7-18(26)25(16-19)15-17-5-2-1-3-6-17/h1-3,5-6H,4,7-16H2. The fourth-order valence-electron chi connectivity index (χ4n) is 4.21. The molecule has 2 saturated heterocycles. The first kappa shape index (κ1) is 19.2. The van der Waals surface area contributed by atoms with E-state index in [0.29, 0.717) is 19.5 Å². The van der Waals surface area contributed by atoms with Gasteiger partial charge in [-0.3, -0.25) is 4.79 Å². The van der Waals surface area contributed by atoms with Crippen molar-refractivity contribution in [1.29, 1.82) is 0 Å². The summed E-state index contributed by atoms with van der Waals surface area (Å²) in [6, 6.07) is 10.0. The Bertz CT molecular complexity index is 595. The fraction of sp³-hybridized carbons (Fsp3) is 0.650. The van der Waals surface area contributed by atoms with Crippen molar-refractivity contribution >= 4 is 5.91 Å². The lowest BCUT2D eigenvalue weighted by atomic mass is 9.72. The minimum atomic E-state index is -4.06. The smallest absolute Gasteiger partial charge is 0.338 e. The molecule has 0 radical (unpaired) electrons. The van der Waals surface area contributed by atoms with E-state index in [2.05, 4.69) is 4.90 Å². The molecule has 2 aliphatic rings. The quantitative estimate of drug-likeness (QED) is 0.776. The number of carbonyl (C=O) groups excluding carboxylic acids is 1. The van der Waals surface area contributed by atoms with Gasteiger partial charge in [-0.1, -0.05) is 30.3 Å². The molecule has 26 heavy (non-hydrogen) atoms. The van der Waals surface area contributed by atoms with Crippen LogP contribution < -0.4 is 0 Å². The second-order valence-electron chi connectivity index (χ2n) is 7.80. The van der Waals surface area contributed by atoms with E-state index in [1.165, 1.54) is 0 Å². The van der Waals surface area contributed by atoms with E-state index in [9.17, 15) is 18.0 Å². The van der Waals surface area contributed by atoms with Crippen LogP contribution in [-0.4, -0.2) is 48.1 Å². The topological polar surface area (TPSA) is 23.6 Å². The van der Waals surface area contributed by atoms with Gasteiger partial charge in [0.15, 0.2) is 0 Å². The van der Waals surface area contributed by atoms with Crippen LogP contribution in [0.1, 0.15) is 44.1 Å². The van der Waals surface area contributed by atoms with Gasteiger partial charge in [-0.2, -0.15) is 13.2 Å². The normalized spacial score (nSPS) is 21.3. The van der Waals surface area contributed by atoms with Gasteiger partial charge >= 0.3 is 6.18 Å². The summed E-state index contributed by atoms with van der Waals surface area (Å²) in [5.74, 6) is 0.215. The van der Waals surface area contributed by atoms with Crippen molar-refractivity contribution < 1.29 is 18.0 Å². The van der Waals surface area contributed by atoms with Crippen LogP contribution in [0.15, 0.2) is 30.3 Å². The molecular weight excluding hydrogens is 341 g/mol. The first-order valence-electron chi connectivity index (χ1n) is 9.46. The van der Waals surface area contributed by atoms with Gasteiger partial charge < -0.3 is 9.80 Å². The molecule has 6 heteroatoms. The van der Waals surface area contributed by atoms with Gasteiger partial charge in [-0.25, -0.2) is 0 Å². The highest BCUT2D eigenvalue weighted by atomic mass is 19.4. The molecule has 3 rings (SSSR count). The molecule has 0 N–H and O–H groups in total. The van der Waals surface area contributed by atoms with Gasteiger partial charge in [0.2, 0.25) is 5.91 Å². The number of rotatable bonds is 5. The van der Waals surface area contributed by atoms with E-state index in [1.54, 1.807) is 0 Å². The summed E-state index contributed by atoms with van der Waals surface area (Å²) in [4.78, 5) is 16.5. The monoisotopic (exact) mass is 368 g/mol. The number of piperidine rings is 2. The van der Waals surface area contributed by atoms with Crippen LogP contribution in [0.2, 0.25) is 0 Å². The van der Waals surface area contributed by atoms with E-state index >= 15 is 0 Å². The Balaban J connectivity index is 1.50. The molecule has 2 fully saturated rings. The number of benzene rings is 1. The Morgan fingerprint density at radius 2 is 1.73 bits per heavy atom. The van der Waals surface area contributed by atoms with Gasteiger partial charge in [0.1, 0.15) is 0 Å². The maximum Gasteiger partial charge on any atom is 0.389 e. The minimum Gasteiger partial charge on any atom is -0.338 e.